The summed E-state index contributed by atoms with van der Waals surface area (Å²) in [5.41, 5.74) is 1.28. The van der Waals surface area contributed by atoms with Crippen molar-refractivity contribution in [1.29, 1.82) is 0 Å². The fourth-order valence-electron chi connectivity index (χ4n) is 2.07. The third kappa shape index (κ3) is 2.69. The van der Waals surface area contributed by atoms with Crippen LogP contribution in [-0.4, -0.2) is 31.6 Å². The lowest BCUT2D eigenvalue weighted by molar-refractivity contribution is -0.134. The Hall–Kier alpha value is -0.870. The molecule has 3 nitrogen and oxygen atoms in total. The highest BCUT2D eigenvalue weighted by atomic mass is 32.1. The maximum atomic E-state index is 11.9. The van der Waals surface area contributed by atoms with Crippen molar-refractivity contribution in [3.8, 4) is 0 Å². The van der Waals surface area contributed by atoms with E-state index in [0.717, 1.165) is 6.54 Å². The van der Waals surface area contributed by atoms with Crippen LogP contribution in [-0.2, 0) is 9.53 Å². The van der Waals surface area contributed by atoms with Gasteiger partial charge in [-0.1, -0.05) is 13.8 Å². The molecule has 1 saturated heterocycles. The number of thiophene rings is 1. The first-order chi connectivity index (χ1) is 8.09. The minimum absolute atomic E-state index is 0.0457. The van der Waals surface area contributed by atoms with E-state index in [1.54, 1.807) is 11.3 Å². The fraction of sp³-hybridized carbons (Fsp3) is 0.615. The minimum atomic E-state index is -0.259. The van der Waals surface area contributed by atoms with Crippen LogP contribution < -0.4 is 4.90 Å². The number of Topliss-reactive ketones (excluding diaryl/α,β-unsaturated/α-hetero) is 1. The Bertz CT molecular complexity index is 400. The molecular formula is C13H19NO2S. The Morgan fingerprint density at radius 1 is 1.59 bits per heavy atom. The predicted octanol–water partition coefficient (Wildman–Crippen LogP) is 2.49. The molecule has 1 aliphatic rings. The summed E-state index contributed by atoms with van der Waals surface area (Å²) in [6.45, 7) is 8.19. The van der Waals surface area contributed by atoms with Gasteiger partial charge in [0.15, 0.2) is 5.78 Å². The van der Waals surface area contributed by atoms with Crippen molar-refractivity contribution in [3.05, 3.63) is 17.0 Å². The molecule has 4 heteroatoms. The number of nitrogens with zero attached hydrogens (tertiary/aromatic N) is 1. The summed E-state index contributed by atoms with van der Waals surface area (Å²) in [7, 11) is 0. The molecule has 0 aliphatic carbocycles. The maximum absolute atomic E-state index is 11.9. The van der Waals surface area contributed by atoms with Crippen molar-refractivity contribution in [3.63, 3.8) is 0 Å². The Labute approximate surface area is 106 Å². The van der Waals surface area contributed by atoms with Crippen molar-refractivity contribution < 1.29 is 9.53 Å². The van der Waals surface area contributed by atoms with E-state index in [1.807, 2.05) is 13.8 Å². The topological polar surface area (TPSA) is 29.5 Å². The molecule has 0 spiro atoms. The van der Waals surface area contributed by atoms with Gasteiger partial charge in [0.25, 0.3) is 0 Å². The lowest BCUT2D eigenvalue weighted by Gasteiger charge is -2.34. The number of hydrogen-bond acceptors (Lipinski definition) is 4. The van der Waals surface area contributed by atoms with Crippen LogP contribution in [0.4, 0.5) is 5.00 Å². The number of aryl methyl sites for hydroxylation is 1. The molecule has 2 rings (SSSR count). The van der Waals surface area contributed by atoms with E-state index in [4.69, 9.17) is 4.74 Å². The first-order valence-electron chi connectivity index (χ1n) is 6.04. The van der Waals surface area contributed by atoms with Gasteiger partial charge in [0, 0.05) is 12.5 Å². The van der Waals surface area contributed by atoms with E-state index in [2.05, 4.69) is 23.3 Å². The molecule has 0 radical (unpaired) electrons. The Balaban J connectivity index is 2.08. The molecule has 2 heterocycles. The van der Waals surface area contributed by atoms with Crippen molar-refractivity contribution in [2.75, 3.05) is 24.6 Å². The van der Waals surface area contributed by atoms with Crippen LogP contribution in [0.3, 0.4) is 0 Å². The molecule has 1 unspecified atom stereocenters. The van der Waals surface area contributed by atoms with Gasteiger partial charge in [-0.15, -0.1) is 11.3 Å². The second-order valence-corrected chi connectivity index (χ2v) is 5.67. The van der Waals surface area contributed by atoms with Crippen molar-refractivity contribution in [2.24, 2.45) is 5.92 Å². The summed E-state index contributed by atoms with van der Waals surface area (Å²) in [5, 5.41) is 3.37. The Morgan fingerprint density at radius 3 is 2.94 bits per heavy atom. The normalized spacial score (nSPS) is 20.9. The molecule has 0 N–H and O–H groups in total. The highest BCUT2D eigenvalue weighted by molar-refractivity contribution is 7.14. The summed E-state index contributed by atoms with van der Waals surface area (Å²) in [5.74, 6) is 0.258. The van der Waals surface area contributed by atoms with Crippen molar-refractivity contribution in [1.82, 2.24) is 0 Å². The molecule has 0 aromatic carbocycles. The number of carbonyl (C=O) groups is 1. The average molecular weight is 253 g/mol. The highest BCUT2D eigenvalue weighted by Crippen LogP contribution is 2.28. The van der Waals surface area contributed by atoms with Gasteiger partial charge < -0.3 is 9.64 Å². The van der Waals surface area contributed by atoms with Crippen molar-refractivity contribution in [2.45, 2.75) is 26.9 Å². The smallest absolute Gasteiger partial charge is 0.165 e. The van der Waals surface area contributed by atoms with Crippen LogP contribution in [0.25, 0.3) is 0 Å². The second kappa shape index (κ2) is 5.19. The van der Waals surface area contributed by atoms with Gasteiger partial charge in [-0.3, -0.25) is 4.79 Å². The number of ketones is 1. The number of anilines is 1. The SMILES string of the molecule is Cc1ccsc1N1CCOC(C(=O)C(C)C)C1. The Kier molecular flexibility index (Phi) is 3.84. The first-order valence-corrected chi connectivity index (χ1v) is 6.92. The van der Waals surface area contributed by atoms with E-state index in [9.17, 15) is 4.79 Å². The van der Waals surface area contributed by atoms with E-state index >= 15 is 0 Å². The third-order valence-electron chi connectivity index (χ3n) is 3.08. The summed E-state index contributed by atoms with van der Waals surface area (Å²) >= 11 is 1.74. The van der Waals surface area contributed by atoms with Crippen LogP contribution in [0.15, 0.2) is 11.4 Å². The van der Waals surface area contributed by atoms with E-state index < -0.39 is 0 Å². The number of rotatable bonds is 3. The molecule has 1 aromatic rings. The third-order valence-corrected chi connectivity index (χ3v) is 4.15. The largest absolute Gasteiger partial charge is 0.367 e. The number of ether oxygens (including phenoxy) is 1. The molecule has 17 heavy (non-hydrogen) atoms. The fourth-order valence-corrected chi connectivity index (χ4v) is 3.04. The second-order valence-electron chi connectivity index (χ2n) is 4.77. The summed E-state index contributed by atoms with van der Waals surface area (Å²) in [6, 6.07) is 2.12. The molecule has 94 valence electrons. The molecule has 0 bridgehead atoms. The number of carbonyl (C=O) groups excluding carboxylic acids is 1. The van der Waals surface area contributed by atoms with Crippen LogP contribution >= 0.6 is 11.3 Å². The molecule has 0 amide bonds. The zero-order chi connectivity index (χ0) is 12.4. The van der Waals surface area contributed by atoms with Gasteiger partial charge in [-0.2, -0.15) is 0 Å². The maximum Gasteiger partial charge on any atom is 0.165 e. The zero-order valence-electron chi connectivity index (χ0n) is 10.6. The van der Waals surface area contributed by atoms with Crippen LogP contribution in [0, 0.1) is 12.8 Å². The quantitative estimate of drug-likeness (QED) is 0.829. The van der Waals surface area contributed by atoms with Gasteiger partial charge in [0.1, 0.15) is 6.10 Å². The summed E-state index contributed by atoms with van der Waals surface area (Å²) < 4.78 is 5.58. The van der Waals surface area contributed by atoms with E-state index in [-0.39, 0.29) is 17.8 Å². The van der Waals surface area contributed by atoms with Gasteiger partial charge in [-0.25, -0.2) is 0 Å². The molecule has 0 saturated carbocycles. The summed E-state index contributed by atoms with van der Waals surface area (Å²) in [6.07, 6.45) is -0.259. The number of hydrogen-bond donors (Lipinski definition) is 0. The lowest BCUT2D eigenvalue weighted by Crippen LogP contribution is -2.47. The molecule has 1 aromatic heterocycles. The first kappa shape index (κ1) is 12.6. The van der Waals surface area contributed by atoms with Gasteiger partial charge in [-0.05, 0) is 23.9 Å². The van der Waals surface area contributed by atoms with Crippen LogP contribution in [0.2, 0.25) is 0 Å². The summed E-state index contributed by atoms with van der Waals surface area (Å²) in [4.78, 5) is 14.2. The van der Waals surface area contributed by atoms with Crippen LogP contribution in [0.5, 0.6) is 0 Å². The molecule has 1 atom stereocenters. The van der Waals surface area contributed by atoms with Crippen molar-refractivity contribution >= 4 is 22.1 Å². The van der Waals surface area contributed by atoms with E-state index in [0.29, 0.717) is 13.2 Å². The minimum Gasteiger partial charge on any atom is -0.367 e. The van der Waals surface area contributed by atoms with Crippen LogP contribution in [0.1, 0.15) is 19.4 Å². The standard InChI is InChI=1S/C13H19NO2S/c1-9(2)12(15)11-8-14(5-6-16-11)13-10(3)4-7-17-13/h4,7,9,11H,5-6,8H2,1-3H3. The highest BCUT2D eigenvalue weighted by Gasteiger charge is 2.29. The molecular weight excluding hydrogens is 234 g/mol. The Morgan fingerprint density at radius 2 is 2.35 bits per heavy atom. The monoisotopic (exact) mass is 253 g/mol. The predicted molar refractivity (Wildman–Crippen MR) is 70.9 cm³/mol. The molecule has 1 aliphatic heterocycles. The van der Waals surface area contributed by atoms with Gasteiger partial charge in [0.05, 0.1) is 18.2 Å². The van der Waals surface area contributed by atoms with E-state index in [1.165, 1.54) is 10.6 Å². The lowest BCUT2D eigenvalue weighted by atomic mass is 10.0. The average Bonchev–Trinajstić information content (AvgIpc) is 2.74. The van der Waals surface area contributed by atoms with Gasteiger partial charge in [0.2, 0.25) is 0 Å². The zero-order valence-corrected chi connectivity index (χ0v) is 11.4. The number of morpholine rings is 1. The van der Waals surface area contributed by atoms with Gasteiger partial charge >= 0.3 is 0 Å². The molecule has 1 fully saturated rings.